The molecular weight excluding hydrogens is 258 g/mol. The normalized spacial score (nSPS) is 14.1. The van der Waals surface area contributed by atoms with Gasteiger partial charge in [0.15, 0.2) is 0 Å². The van der Waals surface area contributed by atoms with E-state index in [1.165, 1.54) is 6.33 Å². The fourth-order valence-corrected chi connectivity index (χ4v) is 2.21. The van der Waals surface area contributed by atoms with Crippen LogP contribution in [0.5, 0.6) is 0 Å². The van der Waals surface area contributed by atoms with Crippen molar-refractivity contribution < 1.29 is 4.92 Å². The Morgan fingerprint density at radius 1 is 1.40 bits per heavy atom. The van der Waals surface area contributed by atoms with Crippen molar-refractivity contribution >= 4 is 17.3 Å². The van der Waals surface area contributed by atoms with Gasteiger partial charge in [0.1, 0.15) is 6.33 Å². The van der Waals surface area contributed by atoms with E-state index in [1.54, 1.807) is 0 Å². The Balaban J connectivity index is 2.37. The van der Waals surface area contributed by atoms with Crippen molar-refractivity contribution in [1.82, 2.24) is 9.97 Å². The van der Waals surface area contributed by atoms with Gasteiger partial charge in [0.25, 0.3) is 0 Å². The van der Waals surface area contributed by atoms with Crippen molar-refractivity contribution in [3.05, 3.63) is 16.4 Å². The molecule has 1 aliphatic carbocycles. The number of rotatable bonds is 8. The molecule has 7 nitrogen and oxygen atoms in total. The van der Waals surface area contributed by atoms with Crippen molar-refractivity contribution in [2.75, 3.05) is 23.3 Å². The Kier molecular flexibility index (Phi) is 4.70. The maximum Gasteiger partial charge on any atom is 0.353 e. The molecule has 20 heavy (non-hydrogen) atoms. The van der Waals surface area contributed by atoms with E-state index < -0.39 is 0 Å². The summed E-state index contributed by atoms with van der Waals surface area (Å²) in [6, 6.07) is 0.391. The summed E-state index contributed by atoms with van der Waals surface area (Å²) in [6.07, 6.45) is 5.40. The predicted octanol–water partition coefficient (Wildman–Crippen LogP) is 2.59. The molecule has 7 heteroatoms. The molecule has 1 aliphatic rings. The van der Waals surface area contributed by atoms with Crippen molar-refractivity contribution in [2.24, 2.45) is 0 Å². The Labute approximate surface area is 118 Å². The largest absolute Gasteiger partial charge is 0.364 e. The van der Waals surface area contributed by atoms with E-state index >= 15 is 0 Å². The number of anilines is 2. The van der Waals surface area contributed by atoms with Gasteiger partial charge >= 0.3 is 5.69 Å². The van der Waals surface area contributed by atoms with Crippen molar-refractivity contribution in [3.63, 3.8) is 0 Å². The highest BCUT2D eigenvalue weighted by Crippen LogP contribution is 2.38. The first kappa shape index (κ1) is 14.5. The number of aromatic nitrogens is 2. The third kappa shape index (κ3) is 3.15. The highest BCUT2D eigenvalue weighted by molar-refractivity contribution is 5.70. The van der Waals surface area contributed by atoms with Crippen molar-refractivity contribution in [3.8, 4) is 0 Å². The van der Waals surface area contributed by atoms with Gasteiger partial charge in [0.2, 0.25) is 11.6 Å². The van der Waals surface area contributed by atoms with E-state index in [0.717, 1.165) is 32.2 Å². The second-order valence-corrected chi connectivity index (χ2v) is 5.00. The van der Waals surface area contributed by atoms with Crippen LogP contribution in [0.25, 0.3) is 0 Å². The molecule has 2 rings (SSSR count). The van der Waals surface area contributed by atoms with Crippen molar-refractivity contribution in [1.29, 1.82) is 0 Å². The molecule has 0 aliphatic heterocycles. The van der Waals surface area contributed by atoms with Gasteiger partial charge in [-0.3, -0.25) is 10.1 Å². The SMILES string of the molecule is CCCNc1ncnc(N(CCC)C2CC2)c1[N+](=O)[O-]. The van der Waals surface area contributed by atoms with E-state index in [-0.39, 0.29) is 10.6 Å². The molecule has 1 N–H and O–H groups in total. The molecule has 1 saturated carbocycles. The summed E-state index contributed by atoms with van der Waals surface area (Å²) in [5.74, 6) is 0.775. The lowest BCUT2D eigenvalue weighted by molar-refractivity contribution is -0.383. The molecule has 0 amide bonds. The molecular formula is C13H21N5O2. The summed E-state index contributed by atoms with van der Waals surface area (Å²) in [5, 5.41) is 14.4. The molecule has 0 unspecified atom stereocenters. The van der Waals surface area contributed by atoms with E-state index in [4.69, 9.17) is 0 Å². The summed E-state index contributed by atoms with van der Waals surface area (Å²) in [5.41, 5.74) is 0.00120. The fourth-order valence-electron chi connectivity index (χ4n) is 2.21. The van der Waals surface area contributed by atoms with Crippen LogP contribution >= 0.6 is 0 Å². The molecule has 0 aromatic carbocycles. The first-order valence-electron chi connectivity index (χ1n) is 7.18. The average Bonchev–Trinajstić information content (AvgIpc) is 3.26. The van der Waals surface area contributed by atoms with Gasteiger partial charge in [0, 0.05) is 19.1 Å². The maximum atomic E-state index is 11.4. The molecule has 1 aromatic rings. The fraction of sp³-hybridized carbons (Fsp3) is 0.692. The molecule has 0 radical (unpaired) electrons. The lowest BCUT2D eigenvalue weighted by Gasteiger charge is -2.22. The zero-order chi connectivity index (χ0) is 14.5. The van der Waals surface area contributed by atoms with E-state index in [9.17, 15) is 10.1 Å². The first-order chi connectivity index (χ1) is 9.69. The molecule has 110 valence electrons. The third-order valence-corrected chi connectivity index (χ3v) is 3.25. The van der Waals surface area contributed by atoms with Crippen LogP contribution in [0.2, 0.25) is 0 Å². The summed E-state index contributed by atoms with van der Waals surface area (Å²) in [4.78, 5) is 21.3. The quantitative estimate of drug-likeness (QED) is 0.581. The Bertz CT molecular complexity index is 476. The standard InChI is InChI=1S/C13H21N5O2/c1-3-7-14-12-11(18(19)20)13(16-9-15-12)17(8-4-2)10-5-6-10/h9-10H,3-8H2,1-2H3,(H,14,15,16). The minimum atomic E-state index is -0.377. The van der Waals surface area contributed by atoms with Crippen LogP contribution in [-0.2, 0) is 0 Å². The second kappa shape index (κ2) is 6.49. The van der Waals surface area contributed by atoms with Crippen molar-refractivity contribution in [2.45, 2.75) is 45.6 Å². The molecule has 1 fully saturated rings. The number of nitrogens with zero attached hydrogens (tertiary/aromatic N) is 4. The molecule has 1 heterocycles. The lowest BCUT2D eigenvalue weighted by Crippen LogP contribution is -2.28. The van der Waals surface area contributed by atoms with Gasteiger partial charge in [-0.05, 0) is 25.7 Å². The Morgan fingerprint density at radius 3 is 2.70 bits per heavy atom. The summed E-state index contributed by atoms with van der Waals surface area (Å²) < 4.78 is 0. The number of hydrogen-bond donors (Lipinski definition) is 1. The molecule has 0 bridgehead atoms. The van der Waals surface area contributed by atoms with E-state index in [1.807, 2.05) is 6.92 Å². The van der Waals surface area contributed by atoms with E-state index in [0.29, 0.717) is 24.2 Å². The van der Waals surface area contributed by atoms with Gasteiger partial charge in [-0.15, -0.1) is 0 Å². The van der Waals surface area contributed by atoms with Crippen LogP contribution in [0.15, 0.2) is 6.33 Å². The Hall–Kier alpha value is -1.92. The topological polar surface area (TPSA) is 84.2 Å². The van der Waals surface area contributed by atoms with Gasteiger partial charge < -0.3 is 10.2 Å². The molecule has 1 aromatic heterocycles. The van der Waals surface area contributed by atoms with Gasteiger partial charge in [-0.2, -0.15) is 0 Å². The van der Waals surface area contributed by atoms with Crippen LogP contribution in [0.4, 0.5) is 17.3 Å². The molecule has 0 saturated heterocycles. The van der Waals surface area contributed by atoms with Gasteiger partial charge in [-0.1, -0.05) is 13.8 Å². The van der Waals surface area contributed by atoms with Crippen LogP contribution < -0.4 is 10.2 Å². The minimum absolute atomic E-state index is 0.00120. The molecule has 0 spiro atoms. The van der Waals surface area contributed by atoms with Crippen LogP contribution in [0.1, 0.15) is 39.5 Å². The summed E-state index contributed by atoms with van der Waals surface area (Å²) in [7, 11) is 0. The average molecular weight is 279 g/mol. The highest BCUT2D eigenvalue weighted by Gasteiger charge is 2.35. The number of nitrogens with one attached hydrogen (secondary N) is 1. The minimum Gasteiger partial charge on any atom is -0.364 e. The second-order valence-electron chi connectivity index (χ2n) is 5.00. The van der Waals surface area contributed by atoms with Crippen LogP contribution in [-0.4, -0.2) is 34.0 Å². The summed E-state index contributed by atoms with van der Waals surface area (Å²) in [6.45, 7) is 5.53. The van der Waals surface area contributed by atoms with Crippen LogP contribution in [0.3, 0.4) is 0 Å². The maximum absolute atomic E-state index is 11.4. The third-order valence-electron chi connectivity index (χ3n) is 3.25. The smallest absolute Gasteiger partial charge is 0.353 e. The number of hydrogen-bond acceptors (Lipinski definition) is 6. The zero-order valence-corrected chi connectivity index (χ0v) is 12.0. The number of nitro groups is 1. The monoisotopic (exact) mass is 279 g/mol. The lowest BCUT2D eigenvalue weighted by atomic mass is 10.3. The molecule has 0 atom stereocenters. The Morgan fingerprint density at radius 2 is 2.15 bits per heavy atom. The van der Waals surface area contributed by atoms with Crippen LogP contribution in [0, 0.1) is 10.1 Å². The van der Waals surface area contributed by atoms with E-state index in [2.05, 4.69) is 27.1 Å². The highest BCUT2D eigenvalue weighted by atomic mass is 16.6. The van der Waals surface area contributed by atoms with Gasteiger partial charge in [0.05, 0.1) is 4.92 Å². The summed E-state index contributed by atoms with van der Waals surface area (Å²) >= 11 is 0. The predicted molar refractivity (Wildman–Crippen MR) is 78.1 cm³/mol. The zero-order valence-electron chi connectivity index (χ0n) is 12.0. The first-order valence-corrected chi connectivity index (χ1v) is 7.18. The van der Waals surface area contributed by atoms with Gasteiger partial charge in [-0.25, -0.2) is 9.97 Å².